The summed E-state index contributed by atoms with van der Waals surface area (Å²) in [5.41, 5.74) is 4.53. The van der Waals surface area contributed by atoms with Crippen molar-refractivity contribution in [1.29, 1.82) is 0 Å². The fourth-order valence-electron chi connectivity index (χ4n) is 2.89. The number of fused-ring (bicyclic) bond motifs is 1. The number of aromatic nitrogens is 1. The smallest absolute Gasteiger partial charge is 0.252 e. The minimum absolute atomic E-state index is 0.125. The molecule has 3 aromatic rings. The molecular weight excluding hydrogens is 316 g/mol. The molecule has 3 nitrogen and oxygen atoms in total. The molecule has 4 heteroatoms. The normalized spacial score (nSPS) is 11.8. The van der Waals surface area contributed by atoms with Gasteiger partial charge in [-0.05, 0) is 36.6 Å². The fourth-order valence-corrected chi connectivity index (χ4v) is 4.12. The standard InChI is InChI=1S/C20H20N2OS/c1-4-10-22-19-15(3)11-14(2)12-17(19)24-20(22)21-18(23)13-16-8-6-5-7-9-16/h4-9,11-12H,1,10,13H2,2-3H3. The first kappa shape index (κ1) is 16.4. The van der Waals surface area contributed by atoms with Gasteiger partial charge in [-0.15, -0.1) is 6.58 Å². The average Bonchev–Trinajstić information content (AvgIpc) is 2.86. The summed E-state index contributed by atoms with van der Waals surface area (Å²) in [4.78, 5) is 17.5. The van der Waals surface area contributed by atoms with Gasteiger partial charge in [-0.25, -0.2) is 0 Å². The van der Waals surface area contributed by atoms with E-state index in [9.17, 15) is 4.79 Å². The van der Waals surface area contributed by atoms with Crippen LogP contribution in [0.3, 0.4) is 0 Å². The van der Waals surface area contributed by atoms with Gasteiger partial charge in [-0.2, -0.15) is 4.99 Å². The Bertz CT molecular complexity index is 964. The summed E-state index contributed by atoms with van der Waals surface area (Å²) < 4.78 is 3.23. The van der Waals surface area contributed by atoms with Crippen molar-refractivity contribution < 1.29 is 4.79 Å². The summed E-state index contributed by atoms with van der Waals surface area (Å²) in [6, 6.07) is 14.0. The molecule has 0 radical (unpaired) electrons. The lowest BCUT2D eigenvalue weighted by Gasteiger charge is -2.05. The molecule has 24 heavy (non-hydrogen) atoms. The highest BCUT2D eigenvalue weighted by Crippen LogP contribution is 2.23. The van der Waals surface area contributed by atoms with Crippen LogP contribution in [-0.4, -0.2) is 10.5 Å². The number of carbonyl (C=O) groups is 1. The van der Waals surface area contributed by atoms with E-state index in [0.717, 1.165) is 20.6 Å². The van der Waals surface area contributed by atoms with E-state index in [1.807, 2.05) is 36.4 Å². The topological polar surface area (TPSA) is 34.4 Å². The van der Waals surface area contributed by atoms with Crippen LogP contribution < -0.4 is 4.80 Å². The number of hydrogen-bond acceptors (Lipinski definition) is 2. The number of nitrogens with zero attached hydrogens (tertiary/aromatic N) is 2. The van der Waals surface area contributed by atoms with Crippen molar-refractivity contribution in [2.45, 2.75) is 26.8 Å². The number of aryl methyl sites for hydroxylation is 2. The maximum absolute atomic E-state index is 12.4. The molecular formula is C20H20N2OS. The molecule has 1 heterocycles. The van der Waals surface area contributed by atoms with Crippen LogP contribution in [0.4, 0.5) is 0 Å². The molecule has 2 aromatic carbocycles. The Morgan fingerprint density at radius 2 is 2.00 bits per heavy atom. The van der Waals surface area contributed by atoms with E-state index in [2.05, 4.69) is 42.1 Å². The average molecular weight is 336 g/mol. The van der Waals surface area contributed by atoms with Gasteiger partial charge in [0, 0.05) is 6.54 Å². The van der Waals surface area contributed by atoms with Crippen molar-refractivity contribution in [3.8, 4) is 0 Å². The molecule has 0 aliphatic rings. The molecule has 0 N–H and O–H groups in total. The SMILES string of the molecule is C=CCn1c(=NC(=O)Cc2ccccc2)sc2cc(C)cc(C)c21. The highest BCUT2D eigenvalue weighted by Gasteiger charge is 2.10. The highest BCUT2D eigenvalue weighted by molar-refractivity contribution is 7.16. The van der Waals surface area contributed by atoms with E-state index in [0.29, 0.717) is 13.0 Å². The van der Waals surface area contributed by atoms with Crippen LogP contribution in [0.25, 0.3) is 10.2 Å². The molecule has 0 aliphatic carbocycles. The molecule has 0 saturated heterocycles. The fraction of sp³-hybridized carbons (Fsp3) is 0.200. The predicted octanol–water partition coefficient (Wildman–Crippen LogP) is 4.18. The van der Waals surface area contributed by atoms with Crippen LogP contribution in [0.5, 0.6) is 0 Å². The second kappa shape index (κ2) is 6.97. The molecule has 0 atom stereocenters. The Kier molecular flexibility index (Phi) is 4.76. The van der Waals surface area contributed by atoms with Crippen LogP contribution in [0, 0.1) is 13.8 Å². The van der Waals surface area contributed by atoms with Gasteiger partial charge in [0.2, 0.25) is 0 Å². The lowest BCUT2D eigenvalue weighted by molar-refractivity contribution is -0.117. The Morgan fingerprint density at radius 3 is 2.71 bits per heavy atom. The van der Waals surface area contributed by atoms with Gasteiger partial charge in [-0.1, -0.05) is 53.8 Å². The maximum atomic E-state index is 12.4. The van der Waals surface area contributed by atoms with Crippen LogP contribution >= 0.6 is 11.3 Å². The van der Waals surface area contributed by atoms with E-state index < -0.39 is 0 Å². The molecule has 1 amide bonds. The van der Waals surface area contributed by atoms with Gasteiger partial charge in [-0.3, -0.25) is 4.79 Å². The van der Waals surface area contributed by atoms with Crippen molar-refractivity contribution in [3.63, 3.8) is 0 Å². The molecule has 0 fully saturated rings. The van der Waals surface area contributed by atoms with Crippen LogP contribution in [0.15, 0.2) is 60.1 Å². The number of amides is 1. The van der Waals surface area contributed by atoms with Gasteiger partial charge in [0.05, 0.1) is 16.6 Å². The first-order valence-electron chi connectivity index (χ1n) is 7.91. The third-order valence-corrected chi connectivity index (χ3v) is 4.87. The van der Waals surface area contributed by atoms with E-state index in [1.165, 1.54) is 11.1 Å². The maximum Gasteiger partial charge on any atom is 0.252 e. The van der Waals surface area contributed by atoms with Crippen molar-refractivity contribution in [1.82, 2.24) is 4.57 Å². The van der Waals surface area contributed by atoms with Crippen LogP contribution in [0.1, 0.15) is 16.7 Å². The Morgan fingerprint density at radius 1 is 1.25 bits per heavy atom. The summed E-state index contributed by atoms with van der Waals surface area (Å²) in [5, 5.41) is 0. The first-order valence-corrected chi connectivity index (χ1v) is 8.73. The highest BCUT2D eigenvalue weighted by atomic mass is 32.1. The quantitative estimate of drug-likeness (QED) is 0.658. The molecule has 122 valence electrons. The zero-order chi connectivity index (χ0) is 17.1. The minimum Gasteiger partial charge on any atom is -0.312 e. The minimum atomic E-state index is -0.125. The van der Waals surface area contributed by atoms with Gasteiger partial charge in [0.25, 0.3) is 5.91 Å². The predicted molar refractivity (Wildman–Crippen MR) is 100 cm³/mol. The van der Waals surface area contributed by atoms with Crippen molar-refractivity contribution in [3.05, 3.63) is 76.6 Å². The zero-order valence-electron chi connectivity index (χ0n) is 14.0. The summed E-state index contributed by atoms with van der Waals surface area (Å²) in [6.45, 7) is 8.65. The summed E-state index contributed by atoms with van der Waals surface area (Å²) >= 11 is 1.56. The zero-order valence-corrected chi connectivity index (χ0v) is 14.8. The van der Waals surface area contributed by atoms with Crippen molar-refractivity contribution in [2.24, 2.45) is 4.99 Å². The number of carbonyl (C=O) groups excluding carboxylic acids is 1. The van der Waals surface area contributed by atoms with Crippen molar-refractivity contribution >= 4 is 27.5 Å². The number of thiazole rings is 1. The largest absolute Gasteiger partial charge is 0.312 e. The second-order valence-corrected chi connectivity index (χ2v) is 6.89. The number of allylic oxidation sites excluding steroid dienone is 1. The Balaban J connectivity index is 2.07. The number of rotatable bonds is 4. The monoisotopic (exact) mass is 336 g/mol. The molecule has 1 aromatic heterocycles. The molecule has 0 bridgehead atoms. The van der Waals surface area contributed by atoms with Gasteiger partial charge in [0.1, 0.15) is 0 Å². The van der Waals surface area contributed by atoms with E-state index in [4.69, 9.17) is 0 Å². The summed E-state index contributed by atoms with van der Waals surface area (Å²) in [5.74, 6) is -0.125. The third kappa shape index (κ3) is 3.39. The van der Waals surface area contributed by atoms with Gasteiger partial charge < -0.3 is 4.57 Å². The van der Waals surface area contributed by atoms with E-state index in [-0.39, 0.29) is 5.91 Å². The summed E-state index contributed by atoms with van der Waals surface area (Å²) in [6.07, 6.45) is 2.16. The van der Waals surface area contributed by atoms with E-state index in [1.54, 1.807) is 11.3 Å². The van der Waals surface area contributed by atoms with Crippen LogP contribution in [-0.2, 0) is 17.8 Å². The lowest BCUT2D eigenvalue weighted by atomic mass is 10.1. The Hall–Kier alpha value is -2.46. The van der Waals surface area contributed by atoms with Gasteiger partial charge in [0.15, 0.2) is 4.80 Å². The number of hydrogen-bond donors (Lipinski definition) is 0. The van der Waals surface area contributed by atoms with Crippen LogP contribution in [0.2, 0.25) is 0 Å². The molecule has 0 unspecified atom stereocenters. The molecule has 0 spiro atoms. The summed E-state index contributed by atoms with van der Waals surface area (Å²) in [7, 11) is 0. The first-order chi connectivity index (χ1) is 11.6. The third-order valence-electron chi connectivity index (χ3n) is 3.84. The lowest BCUT2D eigenvalue weighted by Crippen LogP contribution is -2.17. The number of benzene rings is 2. The molecule has 0 aliphatic heterocycles. The van der Waals surface area contributed by atoms with Gasteiger partial charge >= 0.3 is 0 Å². The van der Waals surface area contributed by atoms with E-state index >= 15 is 0 Å². The molecule has 3 rings (SSSR count). The molecule has 0 saturated carbocycles. The van der Waals surface area contributed by atoms with Crippen molar-refractivity contribution in [2.75, 3.05) is 0 Å². The second-order valence-electron chi connectivity index (χ2n) is 5.88. The Labute approximate surface area is 145 Å².